The number of benzene rings is 1. The van der Waals surface area contributed by atoms with Crippen molar-refractivity contribution in [2.45, 2.75) is 38.5 Å². The smallest absolute Gasteiger partial charge is 0.226 e. The molecule has 4 nitrogen and oxygen atoms in total. The molecule has 1 aromatic heterocycles. The van der Waals surface area contributed by atoms with Crippen LogP contribution in [-0.4, -0.2) is 15.2 Å². The number of nitrogens with zero attached hydrogens (tertiary/aromatic N) is 2. The Bertz CT molecular complexity index is 545. The van der Waals surface area contributed by atoms with E-state index in [9.17, 15) is 5.11 Å². The third kappa shape index (κ3) is 2.95. The van der Waals surface area contributed by atoms with Crippen LogP contribution in [0.2, 0.25) is 0 Å². The first-order valence-corrected chi connectivity index (χ1v) is 6.93. The Morgan fingerprint density at radius 2 is 2.11 bits per heavy atom. The second-order valence-corrected chi connectivity index (χ2v) is 5.25. The van der Waals surface area contributed by atoms with Gasteiger partial charge in [0.1, 0.15) is 5.75 Å². The third-order valence-corrected chi connectivity index (χ3v) is 3.81. The number of rotatable bonds is 4. The molecule has 2 aromatic rings. The van der Waals surface area contributed by atoms with E-state index < -0.39 is 0 Å². The molecule has 4 heteroatoms. The Morgan fingerprint density at radius 1 is 1.26 bits per heavy atom. The maximum Gasteiger partial charge on any atom is 0.226 e. The summed E-state index contributed by atoms with van der Waals surface area (Å²) in [5, 5.41) is 13.4. The molecule has 1 heterocycles. The molecule has 1 aromatic carbocycles. The van der Waals surface area contributed by atoms with E-state index in [1.165, 1.54) is 25.7 Å². The van der Waals surface area contributed by atoms with Crippen molar-refractivity contribution in [3.63, 3.8) is 0 Å². The quantitative estimate of drug-likeness (QED) is 0.910. The van der Waals surface area contributed by atoms with Gasteiger partial charge in [0.2, 0.25) is 11.7 Å². The summed E-state index contributed by atoms with van der Waals surface area (Å²) in [6, 6.07) is 6.92. The van der Waals surface area contributed by atoms with Gasteiger partial charge in [-0.1, -0.05) is 43.0 Å². The predicted octanol–water partition coefficient (Wildman–Crippen LogP) is 3.57. The number of aromatic hydroxyl groups is 1. The second kappa shape index (κ2) is 5.43. The molecule has 0 amide bonds. The molecule has 0 atom stereocenters. The van der Waals surface area contributed by atoms with Crippen molar-refractivity contribution in [3.8, 4) is 17.1 Å². The lowest BCUT2D eigenvalue weighted by Crippen LogP contribution is -1.96. The van der Waals surface area contributed by atoms with Gasteiger partial charge in [0, 0.05) is 12.0 Å². The highest BCUT2D eigenvalue weighted by molar-refractivity contribution is 5.56. The fraction of sp³-hybridized carbons (Fsp3) is 0.467. The van der Waals surface area contributed by atoms with E-state index in [4.69, 9.17) is 4.52 Å². The van der Waals surface area contributed by atoms with Gasteiger partial charge in [-0.15, -0.1) is 0 Å². The Kier molecular flexibility index (Phi) is 3.49. The first kappa shape index (κ1) is 12.2. The minimum Gasteiger partial charge on any atom is -0.508 e. The average Bonchev–Trinajstić information content (AvgIpc) is 3.08. The van der Waals surface area contributed by atoms with Crippen LogP contribution in [0.5, 0.6) is 5.75 Å². The number of aromatic nitrogens is 2. The van der Waals surface area contributed by atoms with Crippen molar-refractivity contribution in [1.82, 2.24) is 10.1 Å². The fourth-order valence-corrected chi connectivity index (χ4v) is 2.75. The van der Waals surface area contributed by atoms with Crippen molar-refractivity contribution in [1.29, 1.82) is 0 Å². The Labute approximate surface area is 112 Å². The minimum absolute atomic E-state index is 0.217. The van der Waals surface area contributed by atoms with Gasteiger partial charge in [-0.2, -0.15) is 4.98 Å². The van der Waals surface area contributed by atoms with E-state index in [2.05, 4.69) is 10.1 Å². The van der Waals surface area contributed by atoms with Gasteiger partial charge in [-0.3, -0.25) is 0 Å². The van der Waals surface area contributed by atoms with Crippen molar-refractivity contribution in [2.24, 2.45) is 5.92 Å². The van der Waals surface area contributed by atoms with Crippen LogP contribution in [0.1, 0.15) is 38.0 Å². The van der Waals surface area contributed by atoms with Crippen LogP contribution >= 0.6 is 0 Å². The van der Waals surface area contributed by atoms with Gasteiger partial charge in [0.25, 0.3) is 0 Å². The number of phenolic OH excluding ortho intramolecular Hbond substituents is 1. The molecule has 0 spiro atoms. The molecule has 3 rings (SSSR count). The summed E-state index contributed by atoms with van der Waals surface area (Å²) < 4.78 is 5.28. The van der Waals surface area contributed by atoms with Crippen molar-refractivity contribution in [3.05, 3.63) is 30.2 Å². The lowest BCUT2D eigenvalue weighted by Gasteiger charge is -2.04. The fourth-order valence-electron chi connectivity index (χ4n) is 2.75. The molecule has 1 N–H and O–H groups in total. The van der Waals surface area contributed by atoms with Crippen LogP contribution in [0.25, 0.3) is 11.4 Å². The minimum atomic E-state index is 0.217. The highest BCUT2D eigenvalue weighted by Gasteiger charge is 2.16. The summed E-state index contributed by atoms with van der Waals surface area (Å²) in [5.41, 5.74) is 0.788. The highest BCUT2D eigenvalue weighted by Crippen LogP contribution is 2.28. The molecule has 0 aliphatic heterocycles. The predicted molar refractivity (Wildman–Crippen MR) is 71.7 cm³/mol. The Hall–Kier alpha value is -1.84. The summed E-state index contributed by atoms with van der Waals surface area (Å²) in [7, 11) is 0. The van der Waals surface area contributed by atoms with Gasteiger partial charge < -0.3 is 9.63 Å². The van der Waals surface area contributed by atoms with E-state index in [1.54, 1.807) is 18.2 Å². The summed E-state index contributed by atoms with van der Waals surface area (Å²) >= 11 is 0. The second-order valence-electron chi connectivity index (χ2n) is 5.25. The van der Waals surface area contributed by atoms with Crippen LogP contribution in [0, 0.1) is 5.92 Å². The monoisotopic (exact) mass is 258 g/mol. The highest BCUT2D eigenvalue weighted by atomic mass is 16.5. The van der Waals surface area contributed by atoms with Crippen molar-refractivity contribution < 1.29 is 9.63 Å². The van der Waals surface area contributed by atoms with Crippen LogP contribution in [0.3, 0.4) is 0 Å². The summed E-state index contributed by atoms with van der Waals surface area (Å²) in [5.74, 6) is 2.30. The molecule has 0 unspecified atom stereocenters. The van der Waals surface area contributed by atoms with Gasteiger partial charge in [0.15, 0.2) is 0 Å². The average molecular weight is 258 g/mol. The number of phenols is 1. The molecule has 1 aliphatic rings. The van der Waals surface area contributed by atoms with E-state index >= 15 is 0 Å². The first-order valence-electron chi connectivity index (χ1n) is 6.93. The molecule has 100 valence electrons. The standard InChI is InChI=1S/C15H18N2O2/c18-13-7-3-6-12(10-13)15-16-14(19-17-15)9-8-11-4-1-2-5-11/h3,6-7,10-11,18H,1-2,4-5,8-9H2. The Balaban J connectivity index is 1.65. The normalized spacial score (nSPS) is 16.0. The van der Waals surface area contributed by atoms with Gasteiger partial charge in [0.05, 0.1) is 0 Å². The lowest BCUT2D eigenvalue weighted by molar-refractivity contribution is 0.362. The van der Waals surface area contributed by atoms with E-state index in [1.807, 2.05) is 6.07 Å². The molecule has 1 saturated carbocycles. The van der Waals surface area contributed by atoms with E-state index in [-0.39, 0.29) is 5.75 Å². The number of aryl methyl sites for hydroxylation is 1. The molecular formula is C15H18N2O2. The van der Waals surface area contributed by atoms with E-state index in [0.717, 1.165) is 24.3 Å². The SMILES string of the molecule is Oc1cccc(-c2noc(CCC3CCCC3)n2)c1. The maximum absolute atomic E-state index is 9.44. The lowest BCUT2D eigenvalue weighted by atomic mass is 10.0. The summed E-state index contributed by atoms with van der Waals surface area (Å²) in [4.78, 5) is 4.39. The van der Waals surface area contributed by atoms with Gasteiger partial charge in [-0.05, 0) is 24.5 Å². The van der Waals surface area contributed by atoms with Crippen LogP contribution in [-0.2, 0) is 6.42 Å². The largest absolute Gasteiger partial charge is 0.508 e. The molecule has 1 aliphatic carbocycles. The van der Waals surface area contributed by atoms with Crippen LogP contribution in [0.4, 0.5) is 0 Å². The Morgan fingerprint density at radius 3 is 2.89 bits per heavy atom. The molecule has 1 fully saturated rings. The zero-order valence-corrected chi connectivity index (χ0v) is 10.9. The van der Waals surface area contributed by atoms with Crippen LogP contribution < -0.4 is 0 Å². The van der Waals surface area contributed by atoms with Gasteiger partial charge in [-0.25, -0.2) is 0 Å². The molecule has 0 radical (unpaired) electrons. The zero-order chi connectivity index (χ0) is 13.1. The first-order chi connectivity index (χ1) is 9.31. The van der Waals surface area contributed by atoms with Crippen LogP contribution in [0.15, 0.2) is 28.8 Å². The maximum atomic E-state index is 9.44. The number of hydrogen-bond donors (Lipinski definition) is 1. The molecule has 0 saturated heterocycles. The molecule has 19 heavy (non-hydrogen) atoms. The summed E-state index contributed by atoms with van der Waals surface area (Å²) in [6.45, 7) is 0. The van der Waals surface area contributed by atoms with Crippen molar-refractivity contribution >= 4 is 0 Å². The molecular weight excluding hydrogens is 240 g/mol. The summed E-state index contributed by atoms with van der Waals surface area (Å²) in [6.07, 6.45) is 7.41. The van der Waals surface area contributed by atoms with E-state index in [0.29, 0.717) is 11.7 Å². The van der Waals surface area contributed by atoms with Crippen molar-refractivity contribution in [2.75, 3.05) is 0 Å². The zero-order valence-electron chi connectivity index (χ0n) is 10.9. The van der Waals surface area contributed by atoms with Gasteiger partial charge >= 0.3 is 0 Å². The molecule has 0 bridgehead atoms. The topological polar surface area (TPSA) is 59.2 Å². The third-order valence-electron chi connectivity index (χ3n) is 3.81. The number of hydrogen-bond acceptors (Lipinski definition) is 4.